The molecule has 1 heterocycles. The van der Waals surface area contributed by atoms with Gasteiger partial charge in [-0.25, -0.2) is 0 Å². The molecule has 1 rings (SSSR count). The lowest BCUT2D eigenvalue weighted by Gasteiger charge is -2.15. The average molecular weight is 182 g/mol. The molecule has 0 N–H and O–H groups in total. The summed E-state index contributed by atoms with van der Waals surface area (Å²) in [5.41, 5.74) is 8.20. The number of likely N-dealkylation sites (tertiary alicyclic amines) is 1. The number of ketones is 1. The first-order valence-electron chi connectivity index (χ1n) is 4.42. The van der Waals surface area contributed by atoms with Crippen LogP contribution in [-0.4, -0.2) is 36.4 Å². The van der Waals surface area contributed by atoms with Crippen molar-refractivity contribution < 1.29 is 4.79 Å². The Morgan fingerprint density at radius 3 is 3.00 bits per heavy atom. The maximum Gasteiger partial charge on any atom is 0.157 e. The lowest BCUT2D eigenvalue weighted by atomic mass is 10.2. The zero-order chi connectivity index (χ0) is 9.84. The van der Waals surface area contributed by atoms with E-state index in [4.69, 9.17) is 5.53 Å². The van der Waals surface area contributed by atoms with Gasteiger partial charge in [0.05, 0.1) is 6.54 Å². The first-order valence-corrected chi connectivity index (χ1v) is 4.42. The van der Waals surface area contributed by atoms with Gasteiger partial charge in [-0.1, -0.05) is 19.0 Å². The normalized spacial score (nSPS) is 23.6. The Morgan fingerprint density at radius 1 is 1.77 bits per heavy atom. The van der Waals surface area contributed by atoms with E-state index in [1.807, 2.05) is 4.90 Å². The molecule has 1 fully saturated rings. The molecule has 5 nitrogen and oxygen atoms in total. The van der Waals surface area contributed by atoms with Gasteiger partial charge in [-0.05, 0) is 11.4 Å². The molecule has 1 aliphatic heterocycles. The van der Waals surface area contributed by atoms with E-state index in [1.54, 1.807) is 0 Å². The van der Waals surface area contributed by atoms with E-state index in [0.717, 1.165) is 6.54 Å². The molecule has 0 radical (unpaired) electrons. The van der Waals surface area contributed by atoms with Crippen molar-refractivity contribution >= 4 is 5.78 Å². The van der Waals surface area contributed by atoms with Crippen molar-refractivity contribution in [1.82, 2.24) is 4.90 Å². The highest BCUT2D eigenvalue weighted by molar-refractivity contribution is 5.88. The van der Waals surface area contributed by atoms with Crippen LogP contribution in [0.2, 0.25) is 0 Å². The summed E-state index contributed by atoms with van der Waals surface area (Å²) in [5.74, 6) is 0.580. The van der Waals surface area contributed by atoms with Crippen LogP contribution in [0.1, 0.15) is 13.8 Å². The van der Waals surface area contributed by atoms with E-state index in [-0.39, 0.29) is 5.78 Å². The smallest absolute Gasteiger partial charge is 0.157 e. The van der Waals surface area contributed by atoms with Crippen molar-refractivity contribution in [2.75, 3.05) is 19.6 Å². The Balaban J connectivity index is 2.50. The highest BCUT2D eigenvalue weighted by atomic mass is 16.1. The Bertz CT molecular complexity index is 245. The summed E-state index contributed by atoms with van der Waals surface area (Å²) < 4.78 is 0. The van der Waals surface area contributed by atoms with Gasteiger partial charge in [0.1, 0.15) is 6.04 Å². The molecule has 1 unspecified atom stereocenters. The molecular weight excluding hydrogens is 168 g/mol. The Kier molecular flexibility index (Phi) is 3.28. The summed E-state index contributed by atoms with van der Waals surface area (Å²) in [7, 11) is 0. The zero-order valence-corrected chi connectivity index (χ0v) is 7.97. The number of hydrogen-bond donors (Lipinski definition) is 0. The van der Waals surface area contributed by atoms with E-state index in [1.165, 1.54) is 0 Å². The van der Waals surface area contributed by atoms with Crippen LogP contribution in [-0.2, 0) is 4.79 Å². The van der Waals surface area contributed by atoms with Crippen molar-refractivity contribution in [3.8, 4) is 0 Å². The summed E-state index contributed by atoms with van der Waals surface area (Å²) in [4.78, 5) is 15.9. The number of carbonyl (C=O) groups is 1. The lowest BCUT2D eigenvalue weighted by molar-refractivity contribution is -0.117. The van der Waals surface area contributed by atoms with Crippen molar-refractivity contribution in [2.24, 2.45) is 11.0 Å². The highest BCUT2D eigenvalue weighted by Crippen LogP contribution is 2.11. The zero-order valence-electron chi connectivity index (χ0n) is 7.97. The molecule has 1 aliphatic rings. The standard InChI is InChI=1S/C8H14N4O/c1-6(2)3-12-4-7(10-11-9)8(13)5-12/h6-7H,3-5H2,1-2H3. The maximum atomic E-state index is 11.2. The SMILES string of the molecule is CC(C)CN1CC(=O)C(N=[N+]=[N-])C1. The monoisotopic (exact) mass is 182 g/mol. The Morgan fingerprint density at radius 2 is 2.46 bits per heavy atom. The van der Waals surface area contributed by atoms with Gasteiger partial charge in [0.15, 0.2) is 5.78 Å². The van der Waals surface area contributed by atoms with Crippen LogP contribution in [0.3, 0.4) is 0 Å². The van der Waals surface area contributed by atoms with Crippen LogP contribution in [0.5, 0.6) is 0 Å². The van der Waals surface area contributed by atoms with Gasteiger partial charge in [0, 0.05) is 18.0 Å². The van der Waals surface area contributed by atoms with Crippen molar-refractivity contribution in [1.29, 1.82) is 0 Å². The minimum Gasteiger partial charge on any atom is -0.298 e. The molecule has 72 valence electrons. The largest absolute Gasteiger partial charge is 0.298 e. The van der Waals surface area contributed by atoms with Gasteiger partial charge in [0.25, 0.3) is 0 Å². The van der Waals surface area contributed by atoms with Crippen molar-refractivity contribution in [2.45, 2.75) is 19.9 Å². The molecule has 0 saturated carbocycles. The minimum atomic E-state index is -0.455. The molecule has 0 aromatic rings. The lowest BCUT2D eigenvalue weighted by Crippen LogP contribution is -2.25. The third-order valence-electron chi connectivity index (χ3n) is 2.00. The Labute approximate surface area is 77.3 Å². The molecule has 1 saturated heterocycles. The predicted octanol–water partition coefficient (Wildman–Crippen LogP) is 1.21. The quantitative estimate of drug-likeness (QED) is 0.374. The topological polar surface area (TPSA) is 69.1 Å². The number of hydrogen-bond acceptors (Lipinski definition) is 3. The summed E-state index contributed by atoms with van der Waals surface area (Å²) >= 11 is 0. The van der Waals surface area contributed by atoms with Crippen LogP contribution < -0.4 is 0 Å². The van der Waals surface area contributed by atoms with Gasteiger partial charge < -0.3 is 0 Å². The second kappa shape index (κ2) is 4.25. The average Bonchev–Trinajstić information content (AvgIpc) is 2.31. The number of rotatable bonds is 3. The highest BCUT2D eigenvalue weighted by Gasteiger charge is 2.29. The van der Waals surface area contributed by atoms with E-state index in [0.29, 0.717) is 19.0 Å². The second-order valence-electron chi connectivity index (χ2n) is 3.77. The van der Waals surface area contributed by atoms with Gasteiger partial charge in [-0.3, -0.25) is 9.69 Å². The number of azide groups is 1. The van der Waals surface area contributed by atoms with Crippen LogP contribution in [0.15, 0.2) is 5.11 Å². The molecule has 0 spiro atoms. The molecular formula is C8H14N4O. The summed E-state index contributed by atoms with van der Waals surface area (Å²) in [6.07, 6.45) is 0. The number of Topliss-reactive ketones (excluding diaryl/α,β-unsaturated/α-hetero) is 1. The maximum absolute atomic E-state index is 11.2. The van der Waals surface area contributed by atoms with Crippen LogP contribution in [0.4, 0.5) is 0 Å². The summed E-state index contributed by atoms with van der Waals surface area (Å²) in [6.45, 7) is 6.11. The second-order valence-corrected chi connectivity index (χ2v) is 3.77. The van der Waals surface area contributed by atoms with Gasteiger partial charge in [-0.15, -0.1) is 0 Å². The van der Waals surface area contributed by atoms with E-state index >= 15 is 0 Å². The summed E-state index contributed by atoms with van der Waals surface area (Å²) in [6, 6.07) is -0.455. The molecule has 0 aromatic heterocycles. The van der Waals surface area contributed by atoms with Crippen molar-refractivity contribution in [3.63, 3.8) is 0 Å². The molecule has 0 bridgehead atoms. The van der Waals surface area contributed by atoms with Crippen molar-refractivity contribution in [3.05, 3.63) is 10.4 Å². The van der Waals surface area contributed by atoms with Gasteiger partial charge in [-0.2, -0.15) is 0 Å². The third kappa shape index (κ3) is 2.72. The molecule has 0 amide bonds. The van der Waals surface area contributed by atoms with E-state index in [2.05, 4.69) is 23.9 Å². The van der Waals surface area contributed by atoms with Gasteiger partial charge in [0.2, 0.25) is 0 Å². The summed E-state index contributed by atoms with van der Waals surface area (Å²) in [5, 5.41) is 3.45. The molecule has 1 atom stereocenters. The van der Waals surface area contributed by atoms with Crippen LogP contribution in [0.25, 0.3) is 10.4 Å². The van der Waals surface area contributed by atoms with Crippen LogP contribution in [0, 0.1) is 5.92 Å². The van der Waals surface area contributed by atoms with Crippen LogP contribution >= 0.6 is 0 Å². The number of nitrogens with zero attached hydrogens (tertiary/aromatic N) is 4. The fourth-order valence-corrected chi connectivity index (χ4v) is 1.56. The molecule has 0 aliphatic carbocycles. The van der Waals surface area contributed by atoms with Gasteiger partial charge >= 0.3 is 0 Å². The minimum absolute atomic E-state index is 0.0402. The fourth-order valence-electron chi connectivity index (χ4n) is 1.56. The Hall–Kier alpha value is -1.06. The third-order valence-corrected chi connectivity index (χ3v) is 2.00. The number of carbonyl (C=O) groups excluding carboxylic acids is 1. The molecule has 5 heteroatoms. The van der Waals surface area contributed by atoms with E-state index in [9.17, 15) is 4.79 Å². The first-order chi connectivity index (χ1) is 6.13. The predicted molar refractivity (Wildman–Crippen MR) is 49.2 cm³/mol. The van der Waals surface area contributed by atoms with E-state index < -0.39 is 6.04 Å². The molecule has 0 aromatic carbocycles. The molecule has 13 heavy (non-hydrogen) atoms. The first kappa shape index (κ1) is 10.0. The fraction of sp³-hybridized carbons (Fsp3) is 0.875.